The first kappa shape index (κ1) is 14.5. The smallest absolute Gasteiger partial charge is 0.276 e. The van der Waals surface area contributed by atoms with E-state index in [1.807, 2.05) is 11.8 Å². The van der Waals surface area contributed by atoms with Gasteiger partial charge < -0.3 is 20.1 Å². The highest BCUT2D eigenvalue weighted by Gasteiger charge is 2.23. The van der Waals surface area contributed by atoms with Crippen molar-refractivity contribution in [2.45, 2.75) is 13.0 Å². The Kier molecular flexibility index (Phi) is 4.70. The summed E-state index contributed by atoms with van der Waals surface area (Å²) in [7, 11) is 0. The van der Waals surface area contributed by atoms with E-state index in [4.69, 9.17) is 9.84 Å². The van der Waals surface area contributed by atoms with Gasteiger partial charge in [-0.05, 0) is 6.92 Å². The van der Waals surface area contributed by atoms with Crippen molar-refractivity contribution >= 4 is 17.3 Å². The van der Waals surface area contributed by atoms with Crippen LogP contribution in [0.1, 0.15) is 6.92 Å². The molecule has 8 heteroatoms. The van der Waals surface area contributed by atoms with Gasteiger partial charge in [-0.25, -0.2) is 4.98 Å². The second-order valence-corrected chi connectivity index (χ2v) is 4.48. The van der Waals surface area contributed by atoms with Gasteiger partial charge in [-0.1, -0.05) is 0 Å². The SMILES string of the molecule is CCNc1cc([N+](=O)[O-])cc(N2CCOC(CO)C2)n1. The maximum absolute atomic E-state index is 11.0. The highest BCUT2D eigenvalue weighted by Crippen LogP contribution is 2.24. The molecule has 1 unspecified atom stereocenters. The molecular weight excluding hydrogens is 264 g/mol. The Labute approximate surface area is 116 Å². The predicted molar refractivity (Wildman–Crippen MR) is 74.1 cm³/mol. The molecule has 1 saturated heterocycles. The second-order valence-electron chi connectivity index (χ2n) is 4.48. The Morgan fingerprint density at radius 2 is 2.45 bits per heavy atom. The Bertz CT molecular complexity index is 483. The monoisotopic (exact) mass is 282 g/mol. The lowest BCUT2D eigenvalue weighted by atomic mass is 10.2. The van der Waals surface area contributed by atoms with Gasteiger partial charge >= 0.3 is 0 Å². The third-order valence-electron chi connectivity index (χ3n) is 3.03. The fourth-order valence-corrected chi connectivity index (χ4v) is 2.08. The van der Waals surface area contributed by atoms with Crippen LogP contribution in [0.5, 0.6) is 0 Å². The number of pyridine rings is 1. The summed E-state index contributed by atoms with van der Waals surface area (Å²) in [5.41, 5.74) is -0.00186. The van der Waals surface area contributed by atoms with Gasteiger partial charge in [0.15, 0.2) is 0 Å². The van der Waals surface area contributed by atoms with Gasteiger partial charge in [0.05, 0.1) is 36.4 Å². The van der Waals surface area contributed by atoms with E-state index in [2.05, 4.69) is 10.3 Å². The molecule has 0 aliphatic carbocycles. The summed E-state index contributed by atoms with van der Waals surface area (Å²) < 4.78 is 5.37. The molecular formula is C12H18N4O4. The number of rotatable bonds is 5. The summed E-state index contributed by atoms with van der Waals surface area (Å²) in [6, 6.07) is 2.86. The van der Waals surface area contributed by atoms with E-state index in [0.717, 1.165) is 0 Å². The van der Waals surface area contributed by atoms with Crippen LogP contribution < -0.4 is 10.2 Å². The van der Waals surface area contributed by atoms with Gasteiger partial charge in [0.1, 0.15) is 11.6 Å². The maximum Gasteiger partial charge on any atom is 0.276 e. The standard InChI is InChI=1S/C12H18N4O4/c1-2-13-11-5-9(16(18)19)6-12(14-11)15-3-4-20-10(7-15)8-17/h5-6,10,17H,2-4,7-8H2,1H3,(H,13,14). The number of nitrogens with one attached hydrogen (secondary N) is 1. The number of aliphatic hydroxyl groups excluding tert-OH is 1. The van der Waals surface area contributed by atoms with E-state index in [-0.39, 0.29) is 18.4 Å². The van der Waals surface area contributed by atoms with Gasteiger partial charge in [-0.3, -0.25) is 10.1 Å². The predicted octanol–water partition coefficient (Wildman–Crippen LogP) is 0.619. The summed E-state index contributed by atoms with van der Waals surface area (Å²) in [5, 5.41) is 23.1. The van der Waals surface area contributed by atoms with Crippen LogP contribution in [0.2, 0.25) is 0 Å². The lowest BCUT2D eigenvalue weighted by Crippen LogP contribution is -2.44. The highest BCUT2D eigenvalue weighted by atomic mass is 16.6. The molecule has 0 aromatic carbocycles. The minimum Gasteiger partial charge on any atom is -0.394 e. The topological polar surface area (TPSA) is 101 Å². The van der Waals surface area contributed by atoms with E-state index < -0.39 is 4.92 Å². The molecule has 1 aliphatic rings. The number of anilines is 2. The minimum absolute atomic E-state index is 0.00186. The minimum atomic E-state index is -0.435. The van der Waals surface area contributed by atoms with Crippen LogP contribution in [0.3, 0.4) is 0 Å². The van der Waals surface area contributed by atoms with E-state index >= 15 is 0 Å². The van der Waals surface area contributed by atoms with Crippen LogP contribution >= 0.6 is 0 Å². The molecule has 110 valence electrons. The number of nitro groups is 1. The van der Waals surface area contributed by atoms with Crippen LogP contribution in [0.4, 0.5) is 17.3 Å². The number of aliphatic hydroxyl groups is 1. The molecule has 0 amide bonds. The van der Waals surface area contributed by atoms with Gasteiger partial charge in [0.2, 0.25) is 0 Å². The van der Waals surface area contributed by atoms with Gasteiger partial charge in [-0.15, -0.1) is 0 Å². The maximum atomic E-state index is 11.0. The van der Waals surface area contributed by atoms with Gasteiger partial charge in [-0.2, -0.15) is 0 Å². The number of aromatic nitrogens is 1. The zero-order valence-electron chi connectivity index (χ0n) is 11.3. The molecule has 1 atom stereocenters. The van der Waals surface area contributed by atoms with Crippen LogP contribution in [0.15, 0.2) is 12.1 Å². The summed E-state index contributed by atoms with van der Waals surface area (Å²) in [5.74, 6) is 1.00. The average molecular weight is 282 g/mol. The number of hydrogen-bond acceptors (Lipinski definition) is 7. The van der Waals surface area contributed by atoms with Crippen LogP contribution in [-0.2, 0) is 4.74 Å². The zero-order chi connectivity index (χ0) is 14.5. The molecule has 1 aromatic rings. The quantitative estimate of drug-likeness (QED) is 0.603. The van der Waals surface area contributed by atoms with Crippen molar-refractivity contribution in [3.63, 3.8) is 0 Å². The largest absolute Gasteiger partial charge is 0.394 e. The van der Waals surface area contributed by atoms with Crippen molar-refractivity contribution < 1.29 is 14.8 Å². The third kappa shape index (κ3) is 3.34. The van der Waals surface area contributed by atoms with Crippen molar-refractivity contribution in [3.05, 3.63) is 22.2 Å². The molecule has 0 saturated carbocycles. The van der Waals surface area contributed by atoms with Crippen molar-refractivity contribution in [2.24, 2.45) is 0 Å². The molecule has 0 bridgehead atoms. The second kappa shape index (κ2) is 6.49. The number of nitrogens with zero attached hydrogens (tertiary/aromatic N) is 3. The van der Waals surface area contributed by atoms with Crippen LogP contribution in [0.25, 0.3) is 0 Å². The number of morpholine rings is 1. The van der Waals surface area contributed by atoms with Crippen molar-refractivity contribution in [3.8, 4) is 0 Å². The van der Waals surface area contributed by atoms with E-state index in [0.29, 0.717) is 37.9 Å². The first-order valence-electron chi connectivity index (χ1n) is 6.51. The lowest BCUT2D eigenvalue weighted by Gasteiger charge is -2.32. The molecule has 2 N–H and O–H groups in total. The zero-order valence-corrected chi connectivity index (χ0v) is 11.3. The summed E-state index contributed by atoms with van der Waals surface area (Å²) in [4.78, 5) is 16.8. The van der Waals surface area contributed by atoms with Gasteiger partial charge in [0.25, 0.3) is 5.69 Å². The molecule has 1 fully saturated rings. The van der Waals surface area contributed by atoms with Crippen LogP contribution in [-0.4, -0.2) is 54.0 Å². The molecule has 2 heterocycles. The Balaban J connectivity index is 2.27. The first-order valence-corrected chi connectivity index (χ1v) is 6.51. The Morgan fingerprint density at radius 1 is 1.65 bits per heavy atom. The van der Waals surface area contributed by atoms with Crippen molar-refractivity contribution in [2.75, 3.05) is 43.1 Å². The molecule has 8 nitrogen and oxygen atoms in total. The van der Waals surface area contributed by atoms with Crippen LogP contribution in [0, 0.1) is 10.1 Å². The van der Waals surface area contributed by atoms with Crippen molar-refractivity contribution in [1.29, 1.82) is 0 Å². The van der Waals surface area contributed by atoms with E-state index in [1.165, 1.54) is 12.1 Å². The lowest BCUT2D eigenvalue weighted by molar-refractivity contribution is -0.384. The Morgan fingerprint density at radius 3 is 3.10 bits per heavy atom. The molecule has 1 aromatic heterocycles. The summed E-state index contributed by atoms with van der Waals surface area (Å²) in [6.45, 7) is 3.98. The van der Waals surface area contributed by atoms with Crippen molar-refractivity contribution in [1.82, 2.24) is 4.98 Å². The third-order valence-corrected chi connectivity index (χ3v) is 3.03. The molecule has 0 radical (unpaired) electrons. The molecule has 1 aliphatic heterocycles. The normalized spacial score (nSPS) is 18.9. The molecule has 0 spiro atoms. The molecule has 20 heavy (non-hydrogen) atoms. The Hall–Kier alpha value is -1.93. The summed E-state index contributed by atoms with van der Waals surface area (Å²) >= 11 is 0. The van der Waals surface area contributed by atoms with E-state index in [9.17, 15) is 10.1 Å². The number of hydrogen-bond donors (Lipinski definition) is 2. The summed E-state index contributed by atoms with van der Waals surface area (Å²) in [6.07, 6.45) is -0.285. The highest BCUT2D eigenvalue weighted by molar-refractivity contribution is 5.56. The first-order chi connectivity index (χ1) is 9.63. The van der Waals surface area contributed by atoms with E-state index in [1.54, 1.807) is 0 Å². The fraction of sp³-hybridized carbons (Fsp3) is 0.583. The number of ether oxygens (including phenoxy) is 1. The average Bonchev–Trinajstić information content (AvgIpc) is 2.47. The molecule has 2 rings (SSSR count). The fourth-order valence-electron chi connectivity index (χ4n) is 2.08. The van der Waals surface area contributed by atoms with Gasteiger partial charge in [0, 0.05) is 19.6 Å².